The number of nitrogens with zero attached hydrogens (tertiary/aromatic N) is 1. The molecule has 0 aliphatic heterocycles. The van der Waals surface area contributed by atoms with Crippen LogP contribution < -0.4 is 10.1 Å². The van der Waals surface area contributed by atoms with Gasteiger partial charge in [-0.15, -0.1) is 0 Å². The lowest BCUT2D eigenvalue weighted by atomic mass is 10.1. The van der Waals surface area contributed by atoms with E-state index in [2.05, 4.69) is 5.32 Å². The third kappa shape index (κ3) is 3.34. The van der Waals surface area contributed by atoms with Crippen molar-refractivity contribution in [3.8, 4) is 5.75 Å². The molecular weight excluding hydrogens is 240 g/mol. The molecule has 1 rings (SSSR count). The number of methoxy groups -OCH3 is 1. The van der Waals surface area contributed by atoms with Crippen molar-refractivity contribution in [2.75, 3.05) is 19.0 Å². The molecule has 7 heteroatoms. The Hall–Kier alpha value is -2.31. The standard InChI is InChI=1S/C11H14N2O5/c1-7(11(14)15)6-12-9-4-3-8(18-2)5-10(9)13(16)17/h3-5,7,12H,6H2,1-2H3,(H,14,15). The Kier molecular flexibility index (Phi) is 4.47. The van der Waals surface area contributed by atoms with E-state index in [9.17, 15) is 14.9 Å². The van der Waals surface area contributed by atoms with Gasteiger partial charge in [0.2, 0.25) is 0 Å². The highest BCUT2D eigenvalue weighted by Gasteiger charge is 2.17. The molecule has 1 atom stereocenters. The summed E-state index contributed by atoms with van der Waals surface area (Å²) in [6, 6.07) is 4.35. The quantitative estimate of drug-likeness (QED) is 0.592. The molecule has 1 aromatic carbocycles. The van der Waals surface area contributed by atoms with E-state index >= 15 is 0 Å². The monoisotopic (exact) mass is 254 g/mol. The lowest BCUT2D eigenvalue weighted by molar-refractivity contribution is -0.384. The molecule has 0 saturated heterocycles. The van der Waals surface area contributed by atoms with Gasteiger partial charge in [-0.2, -0.15) is 0 Å². The first kappa shape index (κ1) is 13.8. The van der Waals surface area contributed by atoms with Crippen LogP contribution in [0.3, 0.4) is 0 Å². The number of rotatable bonds is 6. The van der Waals surface area contributed by atoms with Gasteiger partial charge in [0.15, 0.2) is 0 Å². The highest BCUT2D eigenvalue weighted by molar-refractivity contribution is 5.71. The van der Waals surface area contributed by atoms with Crippen LogP contribution in [0.25, 0.3) is 0 Å². The van der Waals surface area contributed by atoms with Crippen LogP contribution in [0, 0.1) is 16.0 Å². The maximum Gasteiger partial charge on any atom is 0.308 e. The molecule has 98 valence electrons. The van der Waals surface area contributed by atoms with Crippen LogP contribution in [0.15, 0.2) is 18.2 Å². The Morgan fingerprint density at radius 3 is 2.78 bits per heavy atom. The molecule has 0 saturated carbocycles. The first-order valence-corrected chi connectivity index (χ1v) is 5.24. The smallest absolute Gasteiger partial charge is 0.308 e. The number of carbonyl (C=O) groups is 1. The van der Waals surface area contributed by atoms with E-state index in [1.165, 1.54) is 26.2 Å². The minimum Gasteiger partial charge on any atom is -0.496 e. The van der Waals surface area contributed by atoms with Crippen molar-refractivity contribution >= 4 is 17.3 Å². The van der Waals surface area contributed by atoms with Gasteiger partial charge in [0.1, 0.15) is 11.4 Å². The predicted molar refractivity (Wildman–Crippen MR) is 64.9 cm³/mol. The first-order chi connectivity index (χ1) is 8.45. The third-order valence-corrected chi connectivity index (χ3v) is 2.42. The van der Waals surface area contributed by atoms with Crippen molar-refractivity contribution in [1.82, 2.24) is 0 Å². The molecule has 0 bridgehead atoms. The molecule has 0 radical (unpaired) electrons. The van der Waals surface area contributed by atoms with E-state index in [1.54, 1.807) is 6.07 Å². The number of nitro groups is 1. The number of ether oxygens (including phenoxy) is 1. The number of hydrogen-bond donors (Lipinski definition) is 2. The van der Waals surface area contributed by atoms with Gasteiger partial charge in [-0.05, 0) is 12.1 Å². The lowest BCUT2D eigenvalue weighted by Gasteiger charge is -2.10. The molecule has 18 heavy (non-hydrogen) atoms. The molecule has 0 aliphatic rings. The maximum atomic E-state index is 10.9. The van der Waals surface area contributed by atoms with Crippen molar-refractivity contribution in [1.29, 1.82) is 0 Å². The number of nitro benzene ring substituents is 1. The van der Waals surface area contributed by atoms with Gasteiger partial charge in [-0.25, -0.2) is 0 Å². The fraction of sp³-hybridized carbons (Fsp3) is 0.364. The molecule has 0 aromatic heterocycles. The number of benzene rings is 1. The molecule has 0 heterocycles. The summed E-state index contributed by atoms with van der Waals surface area (Å²) in [6.07, 6.45) is 0. The molecule has 0 amide bonds. The molecule has 0 aliphatic carbocycles. The Morgan fingerprint density at radius 2 is 2.28 bits per heavy atom. The summed E-state index contributed by atoms with van der Waals surface area (Å²) in [5.74, 6) is -1.22. The minimum absolute atomic E-state index is 0.114. The first-order valence-electron chi connectivity index (χ1n) is 5.24. The number of aliphatic carboxylic acids is 1. The van der Waals surface area contributed by atoms with Crippen molar-refractivity contribution < 1.29 is 19.6 Å². The molecule has 7 nitrogen and oxygen atoms in total. The van der Waals surface area contributed by atoms with Crippen LogP contribution in [0.5, 0.6) is 5.75 Å². The van der Waals surface area contributed by atoms with Crippen LogP contribution >= 0.6 is 0 Å². The van der Waals surface area contributed by atoms with Crippen molar-refractivity contribution in [3.63, 3.8) is 0 Å². The summed E-state index contributed by atoms with van der Waals surface area (Å²) in [6.45, 7) is 1.63. The fourth-order valence-electron chi connectivity index (χ4n) is 1.29. The van der Waals surface area contributed by atoms with Crippen molar-refractivity contribution in [2.45, 2.75) is 6.92 Å². The number of carboxylic acid groups (broad SMARTS) is 1. The zero-order chi connectivity index (χ0) is 13.7. The molecule has 2 N–H and O–H groups in total. The second kappa shape index (κ2) is 5.85. The van der Waals surface area contributed by atoms with Crippen LogP contribution in [-0.2, 0) is 4.79 Å². The van der Waals surface area contributed by atoms with Gasteiger partial charge >= 0.3 is 5.97 Å². The summed E-state index contributed by atoms with van der Waals surface area (Å²) >= 11 is 0. The second-order valence-electron chi connectivity index (χ2n) is 3.76. The zero-order valence-electron chi connectivity index (χ0n) is 10.0. The van der Waals surface area contributed by atoms with E-state index in [0.29, 0.717) is 5.75 Å². The summed E-state index contributed by atoms with van der Waals surface area (Å²) in [4.78, 5) is 21.0. The molecule has 1 aromatic rings. The van der Waals surface area contributed by atoms with Gasteiger partial charge in [-0.3, -0.25) is 14.9 Å². The number of nitrogens with one attached hydrogen (secondary N) is 1. The van der Waals surface area contributed by atoms with E-state index in [0.717, 1.165) is 0 Å². The molecule has 0 spiro atoms. The van der Waals surface area contributed by atoms with Crippen LogP contribution in [-0.4, -0.2) is 29.7 Å². The van der Waals surface area contributed by atoms with Crippen LogP contribution in [0.2, 0.25) is 0 Å². The third-order valence-electron chi connectivity index (χ3n) is 2.42. The zero-order valence-corrected chi connectivity index (χ0v) is 10.0. The van der Waals surface area contributed by atoms with Gasteiger partial charge in [0.05, 0.1) is 24.0 Å². The highest BCUT2D eigenvalue weighted by Crippen LogP contribution is 2.28. The van der Waals surface area contributed by atoms with Crippen LogP contribution in [0.1, 0.15) is 6.92 Å². The Bertz CT molecular complexity index is 461. The van der Waals surface area contributed by atoms with E-state index in [4.69, 9.17) is 9.84 Å². The number of carboxylic acids is 1. The highest BCUT2D eigenvalue weighted by atomic mass is 16.6. The fourth-order valence-corrected chi connectivity index (χ4v) is 1.29. The SMILES string of the molecule is COc1ccc(NCC(C)C(=O)O)c([N+](=O)[O-])c1. The topological polar surface area (TPSA) is 102 Å². The van der Waals surface area contributed by atoms with Crippen molar-refractivity contribution in [3.05, 3.63) is 28.3 Å². The second-order valence-corrected chi connectivity index (χ2v) is 3.76. The normalized spacial score (nSPS) is 11.7. The predicted octanol–water partition coefficient (Wildman–Crippen LogP) is 1.74. The summed E-state index contributed by atoms with van der Waals surface area (Å²) < 4.78 is 4.90. The average Bonchev–Trinajstić information content (AvgIpc) is 2.35. The Morgan fingerprint density at radius 1 is 1.61 bits per heavy atom. The van der Waals surface area contributed by atoms with Crippen LogP contribution in [0.4, 0.5) is 11.4 Å². The summed E-state index contributed by atoms with van der Waals surface area (Å²) in [7, 11) is 1.42. The van der Waals surface area contributed by atoms with Gasteiger partial charge in [-0.1, -0.05) is 6.92 Å². The molecular formula is C11H14N2O5. The number of hydrogen-bond acceptors (Lipinski definition) is 5. The van der Waals surface area contributed by atoms with Crippen molar-refractivity contribution in [2.24, 2.45) is 5.92 Å². The molecule has 0 fully saturated rings. The van der Waals surface area contributed by atoms with E-state index in [1.807, 2.05) is 0 Å². The van der Waals surface area contributed by atoms with E-state index in [-0.39, 0.29) is 17.9 Å². The van der Waals surface area contributed by atoms with E-state index < -0.39 is 16.8 Å². The van der Waals surface area contributed by atoms with Gasteiger partial charge in [0, 0.05) is 6.54 Å². The lowest BCUT2D eigenvalue weighted by Crippen LogP contribution is -2.20. The largest absolute Gasteiger partial charge is 0.496 e. The number of anilines is 1. The summed E-state index contributed by atoms with van der Waals surface area (Å²) in [5.41, 5.74) is 0.126. The Labute approximate surface area is 104 Å². The Balaban J connectivity index is 2.88. The summed E-state index contributed by atoms with van der Waals surface area (Å²) in [5, 5.41) is 22.3. The maximum absolute atomic E-state index is 10.9. The minimum atomic E-state index is -0.960. The average molecular weight is 254 g/mol. The molecule has 1 unspecified atom stereocenters. The van der Waals surface area contributed by atoms with Gasteiger partial charge in [0.25, 0.3) is 5.69 Å². The van der Waals surface area contributed by atoms with Gasteiger partial charge < -0.3 is 15.2 Å².